The van der Waals surface area contributed by atoms with Crippen LogP contribution in [0.2, 0.25) is 0 Å². The van der Waals surface area contributed by atoms with Crippen molar-refractivity contribution in [3.05, 3.63) is 23.8 Å². The topological polar surface area (TPSA) is 52.6 Å². The Morgan fingerprint density at radius 2 is 2.06 bits per heavy atom. The highest BCUT2D eigenvalue weighted by Crippen LogP contribution is 2.32. The molecule has 0 saturated heterocycles. The molecule has 1 aromatic rings. The lowest BCUT2D eigenvalue weighted by atomic mass is 10.1. The fraction of sp³-hybridized carbons (Fsp3) is 0.417. The SMILES string of the molecule is CC(C)S(=O)CC(=O)c1ccc2c(c1)OCO2. The monoisotopic (exact) mass is 254 g/mol. The molecule has 4 nitrogen and oxygen atoms in total. The highest BCUT2D eigenvalue weighted by atomic mass is 32.2. The summed E-state index contributed by atoms with van der Waals surface area (Å²) in [7, 11) is -1.12. The standard InChI is InChI=1S/C12H14O4S/c1-8(2)17(14)6-10(13)9-3-4-11-12(5-9)16-7-15-11/h3-5,8H,6-7H2,1-2H3. The number of ketones is 1. The van der Waals surface area contributed by atoms with Gasteiger partial charge < -0.3 is 9.47 Å². The average Bonchev–Trinajstić information content (AvgIpc) is 2.75. The maximum atomic E-state index is 11.9. The van der Waals surface area contributed by atoms with Crippen LogP contribution in [0.1, 0.15) is 24.2 Å². The van der Waals surface area contributed by atoms with Gasteiger partial charge in [0.2, 0.25) is 6.79 Å². The minimum atomic E-state index is -1.12. The molecule has 92 valence electrons. The molecule has 0 saturated carbocycles. The van der Waals surface area contributed by atoms with Crippen LogP contribution < -0.4 is 9.47 Å². The van der Waals surface area contributed by atoms with Gasteiger partial charge in [-0.1, -0.05) is 13.8 Å². The van der Waals surface area contributed by atoms with E-state index >= 15 is 0 Å². The van der Waals surface area contributed by atoms with E-state index in [1.807, 2.05) is 13.8 Å². The van der Waals surface area contributed by atoms with Crippen molar-refractivity contribution in [3.63, 3.8) is 0 Å². The van der Waals surface area contributed by atoms with Crippen LogP contribution in [-0.4, -0.2) is 27.8 Å². The summed E-state index contributed by atoms with van der Waals surface area (Å²) in [5.41, 5.74) is 0.517. The molecule has 1 aromatic carbocycles. The third kappa shape index (κ3) is 2.66. The van der Waals surface area contributed by atoms with Gasteiger partial charge >= 0.3 is 0 Å². The van der Waals surface area contributed by atoms with Crippen LogP contribution in [0.25, 0.3) is 0 Å². The molecule has 2 rings (SSSR count). The number of carbonyl (C=O) groups is 1. The number of ether oxygens (including phenoxy) is 2. The van der Waals surface area contributed by atoms with Crippen LogP contribution in [0.4, 0.5) is 0 Å². The lowest BCUT2D eigenvalue weighted by Gasteiger charge is -2.05. The summed E-state index contributed by atoms with van der Waals surface area (Å²) < 4.78 is 21.9. The number of carbonyl (C=O) groups excluding carboxylic acids is 1. The molecule has 5 heteroatoms. The van der Waals surface area contributed by atoms with E-state index in [1.165, 1.54) is 0 Å². The molecule has 0 aliphatic carbocycles. The molecule has 0 N–H and O–H groups in total. The predicted octanol–water partition coefficient (Wildman–Crippen LogP) is 1.76. The van der Waals surface area contributed by atoms with Crippen LogP contribution >= 0.6 is 0 Å². The first-order valence-corrected chi connectivity index (χ1v) is 6.76. The van der Waals surface area contributed by atoms with Crippen molar-refractivity contribution in [2.75, 3.05) is 12.5 Å². The first-order chi connectivity index (χ1) is 8.08. The Morgan fingerprint density at radius 1 is 1.35 bits per heavy atom. The second kappa shape index (κ2) is 4.87. The normalized spacial score (nSPS) is 15.0. The summed E-state index contributed by atoms with van der Waals surface area (Å²) in [4.78, 5) is 11.9. The number of hydrogen-bond acceptors (Lipinski definition) is 4. The Morgan fingerprint density at radius 3 is 2.76 bits per heavy atom. The van der Waals surface area contributed by atoms with E-state index in [-0.39, 0.29) is 23.6 Å². The van der Waals surface area contributed by atoms with E-state index in [4.69, 9.17) is 9.47 Å². The van der Waals surface area contributed by atoms with Crippen molar-refractivity contribution in [1.82, 2.24) is 0 Å². The van der Waals surface area contributed by atoms with Crippen molar-refractivity contribution in [1.29, 1.82) is 0 Å². The van der Waals surface area contributed by atoms with Gasteiger partial charge in [-0.05, 0) is 18.2 Å². The Balaban J connectivity index is 2.12. The van der Waals surface area contributed by atoms with Gasteiger partial charge in [0.05, 0.1) is 5.75 Å². The van der Waals surface area contributed by atoms with Gasteiger partial charge in [0.25, 0.3) is 0 Å². The number of rotatable bonds is 4. The van der Waals surface area contributed by atoms with Crippen molar-refractivity contribution in [2.45, 2.75) is 19.1 Å². The van der Waals surface area contributed by atoms with E-state index in [2.05, 4.69) is 0 Å². The molecule has 1 aliphatic rings. The zero-order valence-electron chi connectivity index (χ0n) is 9.76. The Kier molecular flexibility index (Phi) is 3.47. The van der Waals surface area contributed by atoms with Crippen molar-refractivity contribution in [3.8, 4) is 11.5 Å². The number of hydrogen-bond donors (Lipinski definition) is 0. The van der Waals surface area contributed by atoms with Crippen molar-refractivity contribution in [2.24, 2.45) is 0 Å². The van der Waals surface area contributed by atoms with Crippen LogP contribution in [0.3, 0.4) is 0 Å². The van der Waals surface area contributed by atoms with Gasteiger partial charge in [0.1, 0.15) is 0 Å². The van der Waals surface area contributed by atoms with Gasteiger partial charge in [0.15, 0.2) is 17.3 Å². The molecule has 1 heterocycles. The van der Waals surface area contributed by atoms with Crippen LogP contribution in [0, 0.1) is 0 Å². The molecule has 0 spiro atoms. The molecular formula is C12H14O4S. The molecule has 1 aliphatic heterocycles. The Hall–Kier alpha value is -1.36. The van der Waals surface area contributed by atoms with Gasteiger partial charge in [0, 0.05) is 21.6 Å². The summed E-state index contributed by atoms with van der Waals surface area (Å²) in [6.07, 6.45) is 0. The lowest BCUT2D eigenvalue weighted by molar-refractivity contribution is 0.102. The molecular weight excluding hydrogens is 240 g/mol. The maximum Gasteiger partial charge on any atom is 0.231 e. The molecule has 0 bridgehead atoms. The summed E-state index contributed by atoms with van der Waals surface area (Å²) in [6.45, 7) is 3.86. The second-order valence-corrected chi connectivity index (χ2v) is 6.06. The van der Waals surface area contributed by atoms with E-state index in [1.54, 1.807) is 18.2 Å². The largest absolute Gasteiger partial charge is 0.454 e. The van der Waals surface area contributed by atoms with E-state index in [9.17, 15) is 9.00 Å². The smallest absolute Gasteiger partial charge is 0.231 e. The molecule has 1 atom stereocenters. The van der Waals surface area contributed by atoms with Crippen LogP contribution in [0.15, 0.2) is 18.2 Å². The van der Waals surface area contributed by atoms with E-state index in [0.29, 0.717) is 17.1 Å². The van der Waals surface area contributed by atoms with Crippen LogP contribution in [-0.2, 0) is 10.8 Å². The third-order valence-electron chi connectivity index (χ3n) is 2.49. The minimum Gasteiger partial charge on any atom is -0.454 e. The van der Waals surface area contributed by atoms with Gasteiger partial charge in [-0.2, -0.15) is 0 Å². The van der Waals surface area contributed by atoms with E-state index in [0.717, 1.165) is 0 Å². The zero-order valence-corrected chi connectivity index (χ0v) is 10.6. The zero-order chi connectivity index (χ0) is 12.4. The van der Waals surface area contributed by atoms with Gasteiger partial charge in [-0.25, -0.2) is 0 Å². The molecule has 17 heavy (non-hydrogen) atoms. The van der Waals surface area contributed by atoms with Crippen molar-refractivity contribution < 1.29 is 18.5 Å². The number of fused-ring (bicyclic) bond motifs is 1. The molecule has 0 radical (unpaired) electrons. The van der Waals surface area contributed by atoms with Gasteiger partial charge in [-0.3, -0.25) is 9.00 Å². The van der Waals surface area contributed by atoms with Gasteiger partial charge in [-0.15, -0.1) is 0 Å². The van der Waals surface area contributed by atoms with Crippen LogP contribution in [0.5, 0.6) is 11.5 Å². The summed E-state index contributed by atoms with van der Waals surface area (Å²) in [5, 5.41) is -0.00652. The summed E-state index contributed by atoms with van der Waals surface area (Å²) in [5.74, 6) is 1.14. The lowest BCUT2D eigenvalue weighted by Crippen LogP contribution is -2.17. The summed E-state index contributed by atoms with van der Waals surface area (Å²) in [6, 6.07) is 5.02. The number of benzene rings is 1. The second-order valence-electron chi connectivity index (χ2n) is 4.07. The van der Waals surface area contributed by atoms with Crippen molar-refractivity contribution >= 4 is 16.6 Å². The Labute approximate surface area is 102 Å². The quantitative estimate of drug-likeness (QED) is 0.768. The molecule has 0 aromatic heterocycles. The highest BCUT2D eigenvalue weighted by Gasteiger charge is 2.18. The molecule has 0 amide bonds. The Bertz CT molecular complexity index is 468. The highest BCUT2D eigenvalue weighted by molar-refractivity contribution is 7.86. The third-order valence-corrected chi connectivity index (χ3v) is 4.09. The first kappa shape index (κ1) is 12.1. The average molecular weight is 254 g/mol. The molecule has 1 unspecified atom stereocenters. The fourth-order valence-electron chi connectivity index (χ4n) is 1.45. The predicted molar refractivity (Wildman–Crippen MR) is 65.0 cm³/mol. The first-order valence-electron chi connectivity index (χ1n) is 5.38. The molecule has 0 fully saturated rings. The maximum absolute atomic E-state index is 11.9. The summed E-state index contributed by atoms with van der Waals surface area (Å²) >= 11 is 0. The fourth-order valence-corrected chi connectivity index (χ4v) is 2.21. The van der Waals surface area contributed by atoms with E-state index < -0.39 is 10.8 Å². The number of Topliss-reactive ketones (excluding diaryl/α,β-unsaturated/α-hetero) is 1. The minimum absolute atomic E-state index is 0.00652.